The van der Waals surface area contributed by atoms with Gasteiger partial charge in [-0.2, -0.15) is 0 Å². The van der Waals surface area contributed by atoms with Gasteiger partial charge in [0, 0.05) is 22.5 Å². The molecular formula is C32H28N2. The van der Waals surface area contributed by atoms with Crippen LogP contribution in [-0.4, -0.2) is 6.17 Å². The summed E-state index contributed by atoms with van der Waals surface area (Å²) in [7, 11) is 0. The first-order valence-corrected chi connectivity index (χ1v) is 12.3. The third-order valence-corrected chi connectivity index (χ3v) is 8.06. The van der Waals surface area contributed by atoms with Gasteiger partial charge in [0.1, 0.15) is 6.17 Å². The lowest BCUT2D eigenvalue weighted by Crippen LogP contribution is -2.40. The molecule has 2 heteroatoms. The Morgan fingerprint density at radius 1 is 0.618 bits per heavy atom. The first kappa shape index (κ1) is 19.7. The topological polar surface area (TPSA) is 6.48 Å². The van der Waals surface area contributed by atoms with E-state index in [0.29, 0.717) is 0 Å². The van der Waals surface area contributed by atoms with Gasteiger partial charge in [-0.25, -0.2) is 0 Å². The number of hydrogen-bond donors (Lipinski definition) is 0. The van der Waals surface area contributed by atoms with Gasteiger partial charge in [0.25, 0.3) is 0 Å². The van der Waals surface area contributed by atoms with E-state index >= 15 is 0 Å². The molecule has 7 rings (SSSR count). The lowest BCUT2D eigenvalue weighted by Gasteiger charge is -2.38. The number of allylic oxidation sites excluding steroid dienone is 1. The highest BCUT2D eigenvalue weighted by Crippen LogP contribution is 2.53. The number of benzene rings is 4. The number of nitrogens with zero attached hydrogens (tertiary/aromatic N) is 2. The third kappa shape index (κ3) is 2.51. The van der Waals surface area contributed by atoms with E-state index in [1.165, 1.54) is 67.3 Å². The molecule has 3 heterocycles. The molecule has 0 aliphatic carbocycles. The van der Waals surface area contributed by atoms with Gasteiger partial charge >= 0.3 is 0 Å². The maximum absolute atomic E-state index is 2.64. The Balaban J connectivity index is 1.60. The summed E-state index contributed by atoms with van der Waals surface area (Å²) in [4.78, 5) is 5.25. The molecule has 0 saturated carbocycles. The van der Waals surface area contributed by atoms with Gasteiger partial charge in [-0.1, -0.05) is 78.9 Å². The Bertz CT molecular complexity index is 1510. The molecule has 0 saturated heterocycles. The van der Waals surface area contributed by atoms with E-state index in [1.807, 2.05) is 0 Å². The van der Waals surface area contributed by atoms with Gasteiger partial charge in [-0.05, 0) is 73.1 Å². The highest BCUT2D eigenvalue weighted by Gasteiger charge is 2.43. The third-order valence-electron chi connectivity index (χ3n) is 8.06. The number of rotatable bonds is 0. The molecule has 0 amide bonds. The molecule has 4 aromatic rings. The minimum atomic E-state index is 0.198. The van der Waals surface area contributed by atoms with Crippen LogP contribution in [0.3, 0.4) is 0 Å². The molecule has 3 aliphatic rings. The summed E-state index contributed by atoms with van der Waals surface area (Å²) in [6.07, 6.45) is 2.35. The van der Waals surface area contributed by atoms with E-state index in [2.05, 4.69) is 116 Å². The Labute approximate surface area is 201 Å². The van der Waals surface area contributed by atoms with Gasteiger partial charge in [0.05, 0.1) is 11.4 Å². The van der Waals surface area contributed by atoms with Crippen LogP contribution in [0.25, 0.3) is 28.0 Å². The Kier molecular flexibility index (Phi) is 4.11. The van der Waals surface area contributed by atoms with Crippen LogP contribution in [0, 0.1) is 13.8 Å². The molecule has 4 aromatic carbocycles. The van der Waals surface area contributed by atoms with Crippen LogP contribution in [0.2, 0.25) is 0 Å². The fourth-order valence-corrected chi connectivity index (χ4v) is 6.38. The first-order chi connectivity index (χ1) is 16.6. The van der Waals surface area contributed by atoms with Crippen molar-refractivity contribution in [3.8, 4) is 22.3 Å². The molecule has 0 aromatic heterocycles. The lowest BCUT2D eigenvalue weighted by molar-refractivity contribution is 0.698. The minimum Gasteiger partial charge on any atom is -0.322 e. The summed E-state index contributed by atoms with van der Waals surface area (Å²) < 4.78 is 0. The molecule has 0 radical (unpaired) electrons. The van der Waals surface area contributed by atoms with E-state index < -0.39 is 0 Å². The zero-order valence-corrected chi connectivity index (χ0v) is 20.0. The molecule has 0 unspecified atom stereocenters. The second-order valence-electron chi connectivity index (χ2n) is 9.79. The van der Waals surface area contributed by atoms with Crippen LogP contribution in [0.1, 0.15) is 35.6 Å². The Hall–Kier alpha value is -3.78. The van der Waals surface area contributed by atoms with Gasteiger partial charge in [0.2, 0.25) is 0 Å². The molecule has 3 aliphatic heterocycles. The normalized spacial score (nSPS) is 17.7. The SMILES string of the molecule is Cc1ccc2c(c1C)N1C(=C3c4ccccc4-c4ccccc4-c4ccccc4N3[C@@H]1C)CC2. The Morgan fingerprint density at radius 2 is 1.21 bits per heavy atom. The molecule has 0 bridgehead atoms. The van der Waals surface area contributed by atoms with Crippen LogP contribution in [0.5, 0.6) is 0 Å². The van der Waals surface area contributed by atoms with E-state index in [1.54, 1.807) is 0 Å². The second kappa shape index (κ2) is 7.11. The van der Waals surface area contributed by atoms with Crippen molar-refractivity contribution >= 4 is 17.1 Å². The molecule has 34 heavy (non-hydrogen) atoms. The zero-order valence-electron chi connectivity index (χ0n) is 20.0. The molecule has 2 nitrogen and oxygen atoms in total. The van der Waals surface area contributed by atoms with Gasteiger partial charge in [-0.15, -0.1) is 0 Å². The van der Waals surface area contributed by atoms with Crippen molar-refractivity contribution in [3.05, 3.63) is 113 Å². The summed E-state index contributed by atoms with van der Waals surface area (Å²) in [6.45, 7) is 6.90. The van der Waals surface area contributed by atoms with Crippen molar-refractivity contribution in [2.45, 2.75) is 39.8 Å². The summed E-state index contributed by atoms with van der Waals surface area (Å²) >= 11 is 0. The fraction of sp³-hybridized carbons (Fsp3) is 0.188. The number of anilines is 2. The van der Waals surface area contributed by atoms with E-state index in [0.717, 1.165) is 12.8 Å². The first-order valence-electron chi connectivity index (χ1n) is 12.3. The van der Waals surface area contributed by atoms with Crippen molar-refractivity contribution in [1.29, 1.82) is 0 Å². The minimum absolute atomic E-state index is 0.198. The van der Waals surface area contributed by atoms with Crippen molar-refractivity contribution in [2.75, 3.05) is 9.80 Å². The van der Waals surface area contributed by atoms with Crippen LogP contribution < -0.4 is 9.80 Å². The summed E-state index contributed by atoms with van der Waals surface area (Å²) in [5, 5.41) is 0. The van der Waals surface area contributed by atoms with Crippen LogP contribution in [0.4, 0.5) is 11.4 Å². The zero-order chi connectivity index (χ0) is 23.0. The quantitative estimate of drug-likeness (QED) is 0.274. The summed E-state index contributed by atoms with van der Waals surface area (Å²) in [5.41, 5.74) is 16.4. The van der Waals surface area contributed by atoms with Crippen molar-refractivity contribution in [2.24, 2.45) is 0 Å². The molecule has 0 fully saturated rings. The lowest BCUT2D eigenvalue weighted by atomic mass is 9.86. The molecular weight excluding hydrogens is 412 g/mol. The second-order valence-corrected chi connectivity index (χ2v) is 9.79. The predicted octanol–water partition coefficient (Wildman–Crippen LogP) is 7.94. The van der Waals surface area contributed by atoms with Crippen LogP contribution in [-0.2, 0) is 6.42 Å². The van der Waals surface area contributed by atoms with Gasteiger partial charge < -0.3 is 9.80 Å². The monoisotopic (exact) mass is 440 g/mol. The highest BCUT2D eigenvalue weighted by atomic mass is 15.4. The van der Waals surface area contributed by atoms with Crippen molar-refractivity contribution < 1.29 is 0 Å². The molecule has 166 valence electrons. The number of hydrogen-bond acceptors (Lipinski definition) is 2. The van der Waals surface area contributed by atoms with Crippen LogP contribution >= 0.6 is 0 Å². The number of para-hydroxylation sites is 1. The van der Waals surface area contributed by atoms with Gasteiger partial charge in [-0.3, -0.25) is 0 Å². The molecule has 0 N–H and O–H groups in total. The average molecular weight is 441 g/mol. The average Bonchev–Trinajstić information content (AvgIpc) is 3.17. The maximum Gasteiger partial charge on any atom is 0.108 e. The molecule has 1 atom stereocenters. The number of fused-ring (bicyclic) bond motifs is 11. The standard InChI is InChI=1S/C32H28N2/c1-20-16-17-23-18-19-30-32-28-14-7-6-12-26(28)24-10-4-5-11-25(24)27-13-8-9-15-29(27)33(32)22(3)34(30)31(23)21(20)2/h4-17,22H,18-19H2,1-3H3/t22-/m0/s1. The van der Waals surface area contributed by atoms with Crippen molar-refractivity contribution in [1.82, 2.24) is 0 Å². The fourth-order valence-electron chi connectivity index (χ4n) is 6.38. The highest BCUT2D eigenvalue weighted by molar-refractivity contribution is 6.03. The van der Waals surface area contributed by atoms with E-state index in [9.17, 15) is 0 Å². The largest absolute Gasteiger partial charge is 0.322 e. The molecule has 0 spiro atoms. The van der Waals surface area contributed by atoms with Crippen molar-refractivity contribution in [3.63, 3.8) is 0 Å². The van der Waals surface area contributed by atoms with Gasteiger partial charge in [0.15, 0.2) is 0 Å². The van der Waals surface area contributed by atoms with Crippen LogP contribution in [0.15, 0.2) is 90.6 Å². The summed E-state index contributed by atoms with van der Waals surface area (Å²) in [6, 6.07) is 31.5. The Morgan fingerprint density at radius 3 is 1.94 bits per heavy atom. The predicted molar refractivity (Wildman–Crippen MR) is 143 cm³/mol. The maximum atomic E-state index is 2.64. The summed E-state index contributed by atoms with van der Waals surface area (Å²) in [5.74, 6) is 0. The van der Waals surface area contributed by atoms with E-state index in [-0.39, 0.29) is 6.17 Å². The smallest absolute Gasteiger partial charge is 0.108 e. The van der Waals surface area contributed by atoms with E-state index in [4.69, 9.17) is 0 Å². The number of aryl methyl sites for hydroxylation is 2.